The van der Waals surface area contributed by atoms with Gasteiger partial charge in [0.2, 0.25) is 0 Å². The molecule has 4 heterocycles. The van der Waals surface area contributed by atoms with E-state index in [1.54, 1.807) is 16.8 Å². The van der Waals surface area contributed by atoms with Crippen molar-refractivity contribution in [2.24, 2.45) is 0 Å². The predicted octanol–water partition coefficient (Wildman–Crippen LogP) is 4.04. The van der Waals surface area contributed by atoms with Gasteiger partial charge >= 0.3 is 5.97 Å². The first-order valence-corrected chi connectivity index (χ1v) is 13.5. The largest absolute Gasteiger partial charge is 0.464 e. The van der Waals surface area contributed by atoms with Crippen LogP contribution in [-0.4, -0.2) is 76.2 Å². The number of carbonyl (C=O) groups excluding carboxylic acids is 1. The highest BCUT2D eigenvalue weighted by atomic mass is 19.1. The molecule has 2 aliphatic heterocycles. The average molecular weight is 508 g/mol. The zero-order chi connectivity index (χ0) is 25.5. The van der Waals surface area contributed by atoms with Crippen LogP contribution in [0.2, 0.25) is 0 Å². The quantitative estimate of drug-likeness (QED) is 0.522. The first kappa shape index (κ1) is 24.3. The second-order valence-corrected chi connectivity index (χ2v) is 10.6. The third-order valence-electron chi connectivity index (χ3n) is 8.42. The summed E-state index contributed by atoms with van der Waals surface area (Å²) in [5.74, 6) is -0.442. The van der Waals surface area contributed by atoms with Gasteiger partial charge in [-0.2, -0.15) is 5.10 Å². The molecule has 0 spiro atoms. The number of anilines is 1. The van der Waals surface area contributed by atoms with Gasteiger partial charge in [-0.3, -0.25) is 0 Å². The minimum atomic E-state index is -0.484. The van der Waals surface area contributed by atoms with Gasteiger partial charge < -0.3 is 19.6 Å². The van der Waals surface area contributed by atoms with Crippen molar-refractivity contribution in [3.8, 4) is 5.69 Å². The van der Waals surface area contributed by atoms with Gasteiger partial charge in [-0.1, -0.05) is 6.42 Å². The number of hydrogen-bond acceptors (Lipinski definition) is 7. The lowest BCUT2D eigenvalue weighted by Crippen LogP contribution is -2.48. The van der Waals surface area contributed by atoms with Crippen LogP contribution in [0.4, 0.5) is 10.1 Å². The number of methoxy groups -OCH3 is 1. The Balaban J connectivity index is 1.40. The molecule has 3 aromatic rings. The lowest BCUT2D eigenvalue weighted by atomic mass is 9.82. The van der Waals surface area contributed by atoms with Crippen LogP contribution in [-0.2, 0) is 4.74 Å². The molecule has 8 nitrogen and oxygen atoms in total. The highest BCUT2D eigenvalue weighted by molar-refractivity contribution is 5.99. The Labute approximate surface area is 216 Å². The van der Waals surface area contributed by atoms with Crippen molar-refractivity contribution >= 4 is 22.7 Å². The number of rotatable bonds is 5. The van der Waals surface area contributed by atoms with Crippen molar-refractivity contribution in [1.29, 1.82) is 0 Å². The summed E-state index contributed by atoms with van der Waals surface area (Å²) in [6, 6.07) is 8.60. The second-order valence-electron chi connectivity index (χ2n) is 10.6. The van der Waals surface area contributed by atoms with Crippen LogP contribution in [0.15, 0.2) is 30.3 Å². The van der Waals surface area contributed by atoms with E-state index < -0.39 is 5.97 Å². The SMILES string of the molecule is COC(=O)c1cc(N2CCC(N3CCC(O)CC3)CC2)c2c(C3CCC3)nn(-c3ccc(F)cc3)c2n1. The maximum absolute atomic E-state index is 13.7. The number of carbonyl (C=O) groups is 1. The number of halogens is 1. The topological polar surface area (TPSA) is 83.7 Å². The molecule has 2 aromatic heterocycles. The summed E-state index contributed by atoms with van der Waals surface area (Å²) < 4.78 is 20.5. The normalized spacial score (nSPS) is 20.4. The maximum atomic E-state index is 13.7. The molecule has 196 valence electrons. The van der Waals surface area contributed by atoms with Gasteiger partial charge in [0, 0.05) is 38.1 Å². The number of likely N-dealkylation sites (tertiary alicyclic amines) is 1. The molecule has 1 N–H and O–H groups in total. The van der Waals surface area contributed by atoms with E-state index in [1.165, 1.54) is 25.7 Å². The van der Waals surface area contributed by atoms with Crippen molar-refractivity contribution in [2.75, 3.05) is 38.2 Å². The summed E-state index contributed by atoms with van der Waals surface area (Å²) in [7, 11) is 1.37. The Hall–Kier alpha value is -3.04. The third kappa shape index (κ3) is 4.59. The number of aromatic nitrogens is 3. The van der Waals surface area contributed by atoms with E-state index in [0.717, 1.165) is 81.5 Å². The van der Waals surface area contributed by atoms with Crippen LogP contribution in [0, 0.1) is 5.82 Å². The van der Waals surface area contributed by atoms with Crippen LogP contribution < -0.4 is 4.90 Å². The van der Waals surface area contributed by atoms with Crippen molar-refractivity contribution < 1.29 is 19.0 Å². The van der Waals surface area contributed by atoms with Crippen LogP contribution in [0.3, 0.4) is 0 Å². The molecule has 0 unspecified atom stereocenters. The number of pyridine rings is 1. The molecule has 0 bridgehead atoms. The summed E-state index contributed by atoms with van der Waals surface area (Å²) >= 11 is 0. The number of esters is 1. The predicted molar refractivity (Wildman–Crippen MR) is 139 cm³/mol. The molecule has 1 aliphatic carbocycles. The van der Waals surface area contributed by atoms with Gasteiger partial charge in [-0.15, -0.1) is 0 Å². The molecule has 9 heteroatoms. The van der Waals surface area contributed by atoms with Gasteiger partial charge in [-0.05, 0) is 68.9 Å². The lowest BCUT2D eigenvalue weighted by Gasteiger charge is -2.42. The highest BCUT2D eigenvalue weighted by Crippen LogP contribution is 2.43. The molecule has 0 amide bonds. The second kappa shape index (κ2) is 10.0. The van der Waals surface area contributed by atoms with Gasteiger partial charge in [0.05, 0.1) is 35.7 Å². The van der Waals surface area contributed by atoms with Crippen molar-refractivity contribution in [2.45, 2.75) is 63.0 Å². The number of benzene rings is 1. The fraction of sp³-hybridized carbons (Fsp3) is 0.536. The van der Waals surface area contributed by atoms with E-state index in [1.807, 2.05) is 6.07 Å². The molecule has 1 saturated carbocycles. The third-order valence-corrected chi connectivity index (χ3v) is 8.42. The Morgan fingerprint density at radius 1 is 1.03 bits per heavy atom. The summed E-state index contributed by atoms with van der Waals surface area (Å²) in [6.45, 7) is 3.65. The average Bonchev–Trinajstić information content (AvgIpc) is 3.26. The fourth-order valence-electron chi connectivity index (χ4n) is 6.03. The van der Waals surface area contributed by atoms with Crippen molar-refractivity contribution in [3.63, 3.8) is 0 Å². The Kier molecular flexibility index (Phi) is 6.58. The molecular weight excluding hydrogens is 473 g/mol. The van der Waals surface area contributed by atoms with Gasteiger partial charge in [0.15, 0.2) is 11.3 Å². The number of fused-ring (bicyclic) bond motifs is 1. The first-order valence-electron chi connectivity index (χ1n) is 13.5. The van der Waals surface area contributed by atoms with E-state index in [0.29, 0.717) is 23.3 Å². The standard InChI is InChI=1S/C28H34FN5O3/c1-37-28(36)23-17-24(33-13-9-20(10-14-33)32-15-11-22(35)12-16-32)25-26(18-3-2-4-18)31-34(27(25)30-23)21-7-5-19(29)6-8-21/h5-8,17-18,20,22,35H,2-4,9-16H2,1H3. The van der Waals surface area contributed by atoms with Gasteiger partial charge in [0.25, 0.3) is 0 Å². The molecule has 2 saturated heterocycles. The van der Waals surface area contributed by atoms with E-state index in [-0.39, 0.29) is 17.6 Å². The van der Waals surface area contributed by atoms with Crippen LogP contribution >= 0.6 is 0 Å². The molecule has 1 aromatic carbocycles. The Bertz CT molecular complexity index is 1270. The first-order chi connectivity index (χ1) is 18.0. The number of piperidine rings is 2. The fourth-order valence-corrected chi connectivity index (χ4v) is 6.03. The number of ether oxygens (including phenoxy) is 1. The zero-order valence-electron chi connectivity index (χ0n) is 21.3. The summed E-state index contributed by atoms with van der Waals surface area (Å²) in [4.78, 5) is 22.3. The van der Waals surface area contributed by atoms with Gasteiger partial charge in [-0.25, -0.2) is 18.9 Å². The molecule has 3 fully saturated rings. The summed E-state index contributed by atoms with van der Waals surface area (Å²) in [6.07, 6.45) is 6.92. The molecular formula is C28H34FN5O3. The molecule has 6 rings (SSSR count). The van der Waals surface area contributed by atoms with E-state index >= 15 is 0 Å². The van der Waals surface area contributed by atoms with Crippen LogP contribution in [0.1, 0.15) is 67.0 Å². The highest BCUT2D eigenvalue weighted by Gasteiger charge is 2.33. The molecule has 0 atom stereocenters. The van der Waals surface area contributed by atoms with E-state index in [9.17, 15) is 14.3 Å². The van der Waals surface area contributed by atoms with Gasteiger partial charge in [0.1, 0.15) is 5.82 Å². The smallest absolute Gasteiger partial charge is 0.356 e. The number of nitrogens with zero attached hydrogens (tertiary/aromatic N) is 5. The monoisotopic (exact) mass is 507 g/mol. The summed E-state index contributed by atoms with van der Waals surface area (Å²) in [5.41, 5.74) is 3.56. The number of aliphatic hydroxyl groups is 1. The Morgan fingerprint density at radius 2 is 1.73 bits per heavy atom. The molecule has 0 radical (unpaired) electrons. The molecule has 3 aliphatic rings. The molecule has 37 heavy (non-hydrogen) atoms. The van der Waals surface area contributed by atoms with E-state index in [2.05, 4.69) is 9.80 Å². The zero-order valence-corrected chi connectivity index (χ0v) is 21.3. The minimum absolute atomic E-state index is 0.166. The maximum Gasteiger partial charge on any atom is 0.356 e. The Morgan fingerprint density at radius 3 is 2.35 bits per heavy atom. The number of hydrogen-bond donors (Lipinski definition) is 1. The van der Waals surface area contributed by atoms with Crippen LogP contribution in [0.25, 0.3) is 16.7 Å². The van der Waals surface area contributed by atoms with Crippen molar-refractivity contribution in [3.05, 3.63) is 47.5 Å². The number of aliphatic hydroxyl groups excluding tert-OH is 1. The van der Waals surface area contributed by atoms with Crippen molar-refractivity contribution in [1.82, 2.24) is 19.7 Å². The van der Waals surface area contributed by atoms with Crippen LogP contribution in [0.5, 0.6) is 0 Å². The minimum Gasteiger partial charge on any atom is -0.464 e. The lowest BCUT2D eigenvalue weighted by molar-refractivity contribution is 0.0541. The van der Waals surface area contributed by atoms with E-state index in [4.69, 9.17) is 14.8 Å². The summed E-state index contributed by atoms with van der Waals surface area (Å²) in [5, 5.41) is 15.9.